The number of nitro benzene ring substituents is 1. The van der Waals surface area contributed by atoms with Crippen LogP contribution in [0.2, 0.25) is 0 Å². The van der Waals surface area contributed by atoms with Crippen LogP contribution in [-0.4, -0.2) is 42.5 Å². The molecule has 0 radical (unpaired) electrons. The lowest BCUT2D eigenvalue weighted by atomic mass is 10.2. The number of hydrogen-bond donors (Lipinski definition) is 1. The molecule has 2 aromatic heterocycles. The number of carbonyl (C=O) groups excluding carboxylic acids is 1. The van der Waals surface area contributed by atoms with Crippen LogP contribution in [0, 0.1) is 15.9 Å². The molecule has 31 heavy (non-hydrogen) atoms. The van der Waals surface area contributed by atoms with E-state index in [-0.39, 0.29) is 22.4 Å². The van der Waals surface area contributed by atoms with Gasteiger partial charge in [0.15, 0.2) is 11.0 Å². The number of carbonyl (C=O) groups is 1. The van der Waals surface area contributed by atoms with Gasteiger partial charge in [0.1, 0.15) is 6.54 Å². The van der Waals surface area contributed by atoms with Crippen molar-refractivity contribution in [3.8, 4) is 11.4 Å². The molecule has 0 unspecified atom stereocenters. The van der Waals surface area contributed by atoms with Crippen LogP contribution in [0.4, 0.5) is 28.9 Å². The van der Waals surface area contributed by atoms with Crippen LogP contribution in [0.1, 0.15) is 0 Å². The molecule has 1 N–H and O–H groups in total. The number of aromatic nitrogens is 4. The zero-order valence-corrected chi connectivity index (χ0v) is 16.2. The van der Waals surface area contributed by atoms with Gasteiger partial charge >= 0.3 is 11.9 Å². The van der Waals surface area contributed by atoms with Crippen molar-refractivity contribution >= 4 is 29.0 Å². The first-order valence-corrected chi connectivity index (χ1v) is 9.39. The van der Waals surface area contributed by atoms with Gasteiger partial charge in [-0.05, 0) is 24.3 Å². The van der Waals surface area contributed by atoms with E-state index >= 15 is 0 Å². The van der Waals surface area contributed by atoms with E-state index < -0.39 is 35.1 Å². The molecule has 0 aliphatic heterocycles. The van der Waals surface area contributed by atoms with E-state index in [0.717, 1.165) is 22.8 Å². The largest absolute Gasteiger partial charge is 0.406 e. The molecule has 0 spiro atoms. The van der Waals surface area contributed by atoms with Crippen molar-refractivity contribution < 1.29 is 27.3 Å². The molecule has 0 aliphatic rings. The van der Waals surface area contributed by atoms with Crippen molar-refractivity contribution in [3.63, 3.8) is 0 Å². The molecule has 0 bridgehead atoms. The molecule has 3 aromatic rings. The molecule has 162 valence electrons. The third-order valence-corrected chi connectivity index (χ3v) is 4.72. The molecule has 9 nitrogen and oxygen atoms in total. The number of nitrogens with zero attached hydrogens (tertiary/aromatic N) is 5. The van der Waals surface area contributed by atoms with E-state index in [0.29, 0.717) is 17.3 Å². The lowest BCUT2D eigenvalue weighted by Gasteiger charge is -2.12. The predicted octanol–water partition coefficient (Wildman–Crippen LogP) is 3.68. The minimum Gasteiger partial charge on any atom is -0.325 e. The maximum atomic E-state index is 13.4. The Morgan fingerprint density at radius 3 is 2.55 bits per heavy atom. The van der Waals surface area contributed by atoms with Crippen LogP contribution in [0.5, 0.6) is 0 Å². The van der Waals surface area contributed by atoms with Crippen LogP contribution >= 0.6 is 11.8 Å². The Hall–Kier alpha value is -3.55. The summed E-state index contributed by atoms with van der Waals surface area (Å²) in [5.74, 6) is -2.16. The summed E-state index contributed by atoms with van der Waals surface area (Å²) in [6.07, 6.45) is -1.77. The molecule has 0 aliphatic carbocycles. The summed E-state index contributed by atoms with van der Waals surface area (Å²) in [5.41, 5.74) is -0.494. The molecule has 3 rings (SSSR count). The summed E-state index contributed by atoms with van der Waals surface area (Å²) < 4.78 is 53.4. The minimum absolute atomic E-state index is 0.0343. The number of pyridine rings is 1. The molecule has 2 heterocycles. The molecule has 0 fully saturated rings. The Labute approximate surface area is 175 Å². The third kappa shape index (κ3) is 5.75. The fourth-order valence-electron chi connectivity index (χ4n) is 2.49. The Bertz CT molecular complexity index is 1110. The van der Waals surface area contributed by atoms with E-state index in [1.807, 2.05) is 0 Å². The summed E-state index contributed by atoms with van der Waals surface area (Å²) in [4.78, 5) is 25.8. The van der Waals surface area contributed by atoms with Crippen LogP contribution < -0.4 is 5.32 Å². The Morgan fingerprint density at radius 2 is 1.90 bits per heavy atom. The van der Waals surface area contributed by atoms with E-state index in [9.17, 15) is 32.5 Å². The zero-order chi connectivity index (χ0) is 22.6. The smallest absolute Gasteiger partial charge is 0.325 e. The molecule has 1 aromatic carbocycles. The second kappa shape index (κ2) is 9.07. The summed E-state index contributed by atoms with van der Waals surface area (Å²) in [6, 6.07) is 5.73. The van der Waals surface area contributed by atoms with Gasteiger partial charge in [0.25, 0.3) is 0 Å². The SMILES string of the molecule is O=C(CSc1nnc(-c2ccncc2)n1CC(F)(F)F)Nc1ccc(F)c([N+](=O)[O-])c1. The quantitative estimate of drug-likeness (QED) is 0.250. The maximum absolute atomic E-state index is 13.4. The van der Waals surface area contributed by atoms with Crippen molar-refractivity contribution in [2.45, 2.75) is 17.9 Å². The van der Waals surface area contributed by atoms with Crippen molar-refractivity contribution in [1.82, 2.24) is 19.7 Å². The number of alkyl halides is 3. The number of halogens is 4. The number of benzene rings is 1. The fraction of sp³-hybridized carbons (Fsp3) is 0.176. The minimum atomic E-state index is -4.56. The molecule has 14 heteroatoms. The molecule has 0 atom stereocenters. The first-order valence-electron chi connectivity index (χ1n) is 8.41. The number of amides is 1. The zero-order valence-electron chi connectivity index (χ0n) is 15.3. The lowest BCUT2D eigenvalue weighted by molar-refractivity contribution is -0.387. The monoisotopic (exact) mass is 456 g/mol. The van der Waals surface area contributed by atoms with Gasteiger partial charge in [-0.15, -0.1) is 10.2 Å². The molecular formula is C17H12F4N6O3S. The number of thioether (sulfide) groups is 1. The molecular weight excluding hydrogens is 444 g/mol. The highest BCUT2D eigenvalue weighted by molar-refractivity contribution is 7.99. The van der Waals surface area contributed by atoms with Gasteiger partial charge in [-0.3, -0.25) is 24.5 Å². The lowest BCUT2D eigenvalue weighted by Crippen LogP contribution is -2.20. The highest BCUT2D eigenvalue weighted by Crippen LogP contribution is 2.28. The number of rotatable bonds is 7. The first-order chi connectivity index (χ1) is 14.6. The molecule has 1 amide bonds. The summed E-state index contributed by atoms with van der Waals surface area (Å²) in [5, 5.41) is 20.5. The maximum Gasteiger partial charge on any atom is 0.406 e. The highest BCUT2D eigenvalue weighted by atomic mass is 32.2. The summed E-state index contributed by atoms with van der Waals surface area (Å²) >= 11 is 0.698. The van der Waals surface area contributed by atoms with E-state index in [1.54, 1.807) is 0 Å². The fourth-order valence-corrected chi connectivity index (χ4v) is 3.23. The van der Waals surface area contributed by atoms with Crippen molar-refractivity contribution in [2.75, 3.05) is 11.1 Å². The number of nitro groups is 1. The number of hydrogen-bond acceptors (Lipinski definition) is 7. The van der Waals surface area contributed by atoms with Gasteiger partial charge in [0.2, 0.25) is 11.7 Å². The van der Waals surface area contributed by atoms with Gasteiger partial charge in [0, 0.05) is 29.7 Å². The van der Waals surface area contributed by atoms with Gasteiger partial charge in [-0.1, -0.05) is 11.8 Å². The van der Waals surface area contributed by atoms with E-state index in [2.05, 4.69) is 20.5 Å². The molecule has 0 saturated heterocycles. The number of nitrogens with one attached hydrogen (secondary N) is 1. The van der Waals surface area contributed by atoms with E-state index in [1.165, 1.54) is 24.5 Å². The van der Waals surface area contributed by atoms with Gasteiger partial charge in [-0.2, -0.15) is 17.6 Å². The Morgan fingerprint density at radius 1 is 1.19 bits per heavy atom. The summed E-state index contributed by atoms with van der Waals surface area (Å²) in [6.45, 7) is -1.37. The summed E-state index contributed by atoms with van der Waals surface area (Å²) in [7, 11) is 0. The first kappa shape index (κ1) is 22.1. The third-order valence-electron chi connectivity index (χ3n) is 3.75. The molecule has 0 saturated carbocycles. The van der Waals surface area contributed by atoms with Crippen molar-refractivity contribution in [1.29, 1.82) is 0 Å². The second-order valence-electron chi connectivity index (χ2n) is 6.00. The van der Waals surface area contributed by atoms with Gasteiger partial charge in [-0.25, -0.2) is 0 Å². The van der Waals surface area contributed by atoms with Crippen LogP contribution in [0.15, 0.2) is 47.9 Å². The average molecular weight is 456 g/mol. The van der Waals surface area contributed by atoms with Crippen molar-refractivity contribution in [2.24, 2.45) is 0 Å². The van der Waals surface area contributed by atoms with Crippen LogP contribution in [-0.2, 0) is 11.3 Å². The average Bonchev–Trinajstić information content (AvgIpc) is 3.09. The highest BCUT2D eigenvalue weighted by Gasteiger charge is 2.31. The van der Waals surface area contributed by atoms with Crippen LogP contribution in [0.25, 0.3) is 11.4 Å². The Balaban J connectivity index is 1.75. The normalized spacial score (nSPS) is 11.4. The Kier molecular flexibility index (Phi) is 6.48. The standard InChI is InChI=1S/C17H12F4N6O3S/c18-12-2-1-11(7-13(12)27(29)30)23-14(28)8-31-16-25-24-15(10-3-5-22-6-4-10)26(16)9-17(19,20)21/h1-7H,8-9H2,(H,23,28). The van der Waals surface area contributed by atoms with E-state index in [4.69, 9.17) is 0 Å². The van der Waals surface area contributed by atoms with Gasteiger partial charge in [0.05, 0.1) is 10.7 Å². The van der Waals surface area contributed by atoms with Gasteiger partial charge < -0.3 is 5.32 Å². The predicted molar refractivity (Wildman–Crippen MR) is 102 cm³/mol. The van der Waals surface area contributed by atoms with Crippen molar-refractivity contribution in [3.05, 3.63) is 58.7 Å². The second-order valence-corrected chi connectivity index (χ2v) is 6.95. The topological polar surface area (TPSA) is 116 Å². The van der Waals surface area contributed by atoms with Crippen LogP contribution in [0.3, 0.4) is 0 Å². The number of anilines is 1.